The number of methoxy groups -OCH3 is 1. The Morgan fingerprint density at radius 2 is 0.673 bits per heavy atom. The number of nitrogens with zero attached hydrogens (tertiary/aromatic N) is 9. The number of imidazole rings is 1. The van der Waals surface area contributed by atoms with Crippen molar-refractivity contribution >= 4 is 80.7 Å². The zero-order chi connectivity index (χ0) is 107. The SMILES string of the molecule is CN(C)CCCNC(=O)c1cc(Br)ccc1O.CN(C)CCCNC(=O)c1cc(Cl)ccc1O.CN(C)CCCNC(=O)c1ccccc1O.COc1ccc(C(=O)NCCCN2CCOCC2)c(O)c1.O=C(NCCCN1CCCC1=O)c1ccccc1O.O=C(NCCCN1CCOCC1)c1ccc(O)cc1O.O=C(NCCCN1CCOCC1)c1ccccc1O.O=C(NCCCn1ccnc1)c1ccccc1O. The van der Waals surface area contributed by atoms with Crippen molar-refractivity contribution in [2.24, 2.45) is 0 Å². The molecule has 0 radical (unpaired) electrons. The van der Waals surface area contributed by atoms with Crippen LogP contribution < -0.4 is 47.3 Å². The van der Waals surface area contributed by atoms with E-state index in [1.807, 2.05) is 62.8 Å². The molecule has 0 unspecified atom stereocenters. The number of hydrogen-bond acceptors (Lipinski definition) is 29. The Morgan fingerprint density at radius 1 is 0.361 bits per heavy atom. The molecule has 0 atom stereocenters. The molecule has 13 rings (SSSR count). The van der Waals surface area contributed by atoms with Gasteiger partial charge in [0.2, 0.25) is 5.91 Å². The van der Waals surface area contributed by atoms with Crippen LogP contribution in [0.2, 0.25) is 5.02 Å². The number of nitrogens with one attached hydrogen (secondary N) is 8. The number of aromatic hydroxyl groups is 9. The number of hydrogen-bond donors (Lipinski definition) is 17. The van der Waals surface area contributed by atoms with Crippen molar-refractivity contribution in [3.63, 3.8) is 0 Å². The molecule has 0 bridgehead atoms. The standard InChI is InChI=1S/C15H22N2O4.C14H20N2O4.C14H18N2O3.C14H20N2O3.C13H15N3O2.C12H17BrN2O2.C12H17ClN2O2.C12H18N2O2/c1-20-12-3-4-13(14(18)11-12)15(19)16-5-2-6-17-7-9-21-10-8-17;17-11-2-3-12(13(18)10-11)14(19)15-4-1-5-16-6-8-20-9-7-16;17-12-6-2-1-5-11(12)14(19)15-8-4-10-16-9-3-7-13(16)18;17-13-5-2-1-4-12(13)14(18)15-6-3-7-16-8-10-19-11-9-16;17-12-5-2-1-4-11(12)13(18)15-6-3-8-16-9-7-14-10-16;2*1-15(2)7-3-6-14-12(17)10-8-9(13)4-5-11(10)16;1-14(2)9-5-8-13-12(16)10-6-3-4-7-11(10)15/h3-4,11,18H,2,5-10H2,1H3,(H,16,19);2-3,10,17-18H,1,4-9H2,(H,15,19);1-2,5-6,17H,3-4,7-10H2,(H,15,19);1-2,4-5,17H,3,6-11H2,(H,15,18);1-2,4-5,7,9-10,17H,3,6,8H2,(H,15,18);2*4-5,8,16H,3,6-7H2,1-2H3,(H,14,17);3-4,6-7,15H,5,8-9H2,1-2H3,(H,13,16). The number of morpholine rings is 3. The fourth-order valence-electron chi connectivity index (χ4n) is 14.4. The van der Waals surface area contributed by atoms with Gasteiger partial charge in [0.25, 0.3) is 47.3 Å². The lowest BCUT2D eigenvalue weighted by Gasteiger charge is -2.26. The summed E-state index contributed by atoms with van der Waals surface area (Å²) in [6.45, 7) is 22.9. The first kappa shape index (κ1) is 122. The van der Waals surface area contributed by atoms with Gasteiger partial charge in [-0.2, -0.15) is 0 Å². The molecule has 147 heavy (non-hydrogen) atoms. The number of aromatic nitrogens is 2. The molecule has 41 heteroatoms. The van der Waals surface area contributed by atoms with E-state index in [0.29, 0.717) is 98.3 Å². The third-order valence-electron chi connectivity index (χ3n) is 22.5. The number of phenols is 9. The quantitative estimate of drug-likeness (QED) is 0.0159. The van der Waals surface area contributed by atoms with E-state index in [2.05, 4.69) is 87.9 Å². The van der Waals surface area contributed by atoms with Crippen LogP contribution in [0.5, 0.6) is 57.5 Å². The summed E-state index contributed by atoms with van der Waals surface area (Å²) in [6, 6.07) is 43.9. The molecule has 8 aromatic carbocycles. The van der Waals surface area contributed by atoms with Crippen molar-refractivity contribution in [2.45, 2.75) is 70.8 Å². The Bertz CT molecular complexity index is 5370. The van der Waals surface area contributed by atoms with Crippen molar-refractivity contribution < 1.29 is 108 Å². The number of carbonyl (C=O) groups excluding carboxylic acids is 9. The highest BCUT2D eigenvalue weighted by molar-refractivity contribution is 9.10. The van der Waals surface area contributed by atoms with Gasteiger partial charge < -0.3 is 132 Å². The molecule has 4 saturated heterocycles. The van der Waals surface area contributed by atoms with E-state index in [1.54, 1.807) is 116 Å². The summed E-state index contributed by atoms with van der Waals surface area (Å²) < 4.78 is 23.5. The predicted molar refractivity (Wildman–Crippen MR) is 567 cm³/mol. The second-order valence-corrected chi connectivity index (χ2v) is 36.3. The fraction of sp³-hybridized carbons (Fsp3) is 0.434. The molecule has 17 N–H and O–H groups in total. The molecule has 4 fully saturated rings. The lowest BCUT2D eigenvalue weighted by molar-refractivity contribution is -0.127. The van der Waals surface area contributed by atoms with Gasteiger partial charge in [-0.3, -0.25) is 57.9 Å². The Balaban J connectivity index is 0.000000257. The normalized spacial score (nSPS) is 13.3. The zero-order valence-corrected chi connectivity index (χ0v) is 87.4. The average Bonchev–Trinajstić information content (AvgIpc) is 1.49. The van der Waals surface area contributed by atoms with E-state index in [0.717, 1.165) is 200 Å². The molecular formula is C106H147BrClN17O22. The van der Waals surface area contributed by atoms with Crippen LogP contribution in [-0.2, 0) is 25.5 Å². The molecular weight excluding hydrogens is 1980 g/mol. The van der Waals surface area contributed by atoms with Gasteiger partial charge in [-0.15, -0.1) is 0 Å². The number of likely N-dealkylation sites (tertiary alicyclic amines) is 1. The van der Waals surface area contributed by atoms with Crippen LogP contribution in [0, 0.1) is 0 Å². The minimum absolute atomic E-state index is 0.00157. The number of para-hydroxylation sites is 4. The van der Waals surface area contributed by atoms with Crippen molar-refractivity contribution in [1.82, 2.24) is 86.4 Å². The summed E-state index contributed by atoms with van der Waals surface area (Å²) in [5, 5.41) is 108. The molecule has 4 aliphatic heterocycles. The molecule has 1 aromatic heterocycles. The van der Waals surface area contributed by atoms with Crippen LogP contribution in [0.25, 0.3) is 0 Å². The van der Waals surface area contributed by atoms with Crippen LogP contribution >= 0.6 is 27.5 Å². The summed E-state index contributed by atoms with van der Waals surface area (Å²) in [5.74, 6) is -1.78. The van der Waals surface area contributed by atoms with Gasteiger partial charge in [-0.05, 0) is 249 Å². The summed E-state index contributed by atoms with van der Waals surface area (Å²) in [6.07, 6.45) is 13.7. The number of aryl methyl sites for hydroxylation is 1. The maximum atomic E-state index is 12.0. The molecule has 802 valence electrons. The summed E-state index contributed by atoms with van der Waals surface area (Å²) in [4.78, 5) is 124. The molecule has 9 amide bonds. The smallest absolute Gasteiger partial charge is 0.255 e. The summed E-state index contributed by atoms with van der Waals surface area (Å²) >= 11 is 9.03. The maximum absolute atomic E-state index is 12.0. The molecule has 9 aromatic rings. The minimum Gasteiger partial charge on any atom is -0.508 e. The van der Waals surface area contributed by atoms with Gasteiger partial charge in [0.15, 0.2) is 0 Å². The molecule has 0 aliphatic carbocycles. The van der Waals surface area contributed by atoms with Gasteiger partial charge in [-0.25, -0.2) is 4.98 Å². The maximum Gasteiger partial charge on any atom is 0.255 e. The highest BCUT2D eigenvalue weighted by Crippen LogP contribution is 2.28. The fourth-order valence-corrected chi connectivity index (χ4v) is 15.0. The number of phenolic OH excluding ortho intramolecular Hbond substituents is 9. The molecule has 5 heterocycles. The van der Waals surface area contributed by atoms with E-state index < -0.39 is 0 Å². The Morgan fingerprint density at radius 3 is 1.00 bits per heavy atom. The number of amides is 9. The van der Waals surface area contributed by atoms with Crippen molar-refractivity contribution in [3.8, 4) is 57.5 Å². The van der Waals surface area contributed by atoms with E-state index in [-0.39, 0.29) is 127 Å². The monoisotopic (exact) mass is 2120 g/mol. The van der Waals surface area contributed by atoms with Gasteiger partial charge in [-0.1, -0.05) is 76.1 Å². The van der Waals surface area contributed by atoms with Gasteiger partial charge >= 0.3 is 0 Å². The van der Waals surface area contributed by atoms with Gasteiger partial charge in [0.05, 0.1) is 97.6 Å². The predicted octanol–water partition coefficient (Wildman–Crippen LogP) is 9.43. The Kier molecular flexibility index (Phi) is 58.6. The third kappa shape index (κ3) is 49.6. The molecule has 0 spiro atoms. The minimum atomic E-state index is -0.329. The van der Waals surface area contributed by atoms with Crippen molar-refractivity contribution in [2.75, 3.05) is 233 Å². The number of benzene rings is 8. The second-order valence-electron chi connectivity index (χ2n) is 34.9. The highest BCUT2D eigenvalue weighted by atomic mass is 79.9. The average molecular weight is 2130 g/mol. The van der Waals surface area contributed by atoms with Crippen LogP contribution in [0.4, 0.5) is 0 Å². The summed E-state index contributed by atoms with van der Waals surface area (Å²) in [5.41, 5.74) is 2.18. The summed E-state index contributed by atoms with van der Waals surface area (Å²) in [7, 11) is 13.4. The van der Waals surface area contributed by atoms with Gasteiger partial charge in [0, 0.05) is 152 Å². The largest absolute Gasteiger partial charge is 0.508 e. The zero-order valence-electron chi connectivity index (χ0n) is 85.1. The van der Waals surface area contributed by atoms with E-state index in [4.69, 9.17) is 30.5 Å². The van der Waals surface area contributed by atoms with Crippen molar-refractivity contribution in [3.05, 3.63) is 243 Å². The first-order chi connectivity index (χ1) is 70.7. The third-order valence-corrected chi connectivity index (χ3v) is 23.2. The molecule has 39 nitrogen and oxygen atoms in total. The number of rotatable bonds is 41. The van der Waals surface area contributed by atoms with E-state index in [1.165, 1.54) is 67.8 Å². The lowest BCUT2D eigenvalue weighted by Crippen LogP contribution is -2.38. The van der Waals surface area contributed by atoms with E-state index in [9.17, 15) is 89.1 Å². The van der Waals surface area contributed by atoms with Crippen LogP contribution in [-0.4, -0.2) is 376 Å². The van der Waals surface area contributed by atoms with Crippen LogP contribution in [0.3, 0.4) is 0 Å². The van der Waals surface area contributed by atoms with E-state index >= 15 is 0 Å². The highest BCUT2D eigenvalue weighted by Gasteiger charge is 2.23. The lowest BCUT2D eigenvalue weighted by atomic mass is 10.1. The van der Waals surface area contributed by atoms with Crippen molar-refractivity contribution in [1.29, 1.82) is 0 Å². The first-order valence-electron chi connectivity index (χ1n) is 49.0. The van der Waals surface area contributed by atoms with Crippen LogP contribution in [0.15, 0.2) is 193 Å². The number of ether oxygens (including phenoxy) is 4. The van der Waals surface area contributed by atoms with Crippen LogP contribution in [0.1, 0.15) is 147 Å². The number of carbonyl (C=O) groups is 9. The number of halogens is 2. The first-order valence-corrected chi connectivity index (χ1v) is 50.2. The molecule has 4 aliphatic rings. The second kappa shape index (κ2) is 70.4. The molecule has 0 saturated carbocycles. The van der Waals surface area contributed by atoms with Gasteiger partial charge in [0.1, 0.15) is 57.5 Å². The topological polar surface area (TPSA) is 509 Å². The Labute approximate surface area is 874 Å². The Hall–Kier alpha value is -13.4.